The largest absolute Gasteiger partial charge is 0.506 e. The van der Waals surface area contributed by atoms with Crippen molar-refractivity contribution in [3.63, 3.8) is 0 Å². The van der Waals surface area contributed by atoms with E-state index in [4.69, 9.17) is 0 Å². The highest BCUT2D eigenvalue weighted by Gasteiger charge is 2.31. The van der Waals surface area contributed by atoms with Crippen LogP contribution in [0.4, 0.5) is 0 Å². The first-order valence-corrected chi connectivity index (χ1v) is 8.76. The van der Waals surface area contributed by atoms with Crippen LogP contribution in [0.2, 0.25) is 0 Å². The maximum absolute atomic E-state index is 12.4. The number of aromatic hydroxyl groups is 2. The minimum absolute atomic E-state index is 0.0658. The quantitative estimate of drug-likeness (QED) is 0.348. The van der Waals surface area contributed by atoms with Crippen molar-refractivity contribution in [1.82, 2.24) is 20.4 Å². The zero-order valence-corrected chi connectivity index (χ0v) is 16.3. The van der Waals surface area contributed by atoms with Gasteiger partial charge in [0.05, 0.1) is 21.5 Å². The minimum atomic E-state index is -0.849. The highest BCUT2D eigenvalue weighted by atomic mass is 79.9. The number of nitrogens with one attached hydrogen (secondary N) is 4. The molecular formula is C15H14Br2N4O4. The van der Waals surface area contributed by atoms with Gasteiger partial charge in [-0.05, 0) is 51.8 Å². The van der Waals surface area contributed by atoms with Gasteiger partial charge in [-0.25, -0.2) is 0 Å². The van der Waals surface area contributed by atoms with E-state index in [9.17, 15) is 19.8 Å². The van der Waals surface area contributed by atoms with E-state index in [1.807, 2.05) is 0 Å². The Hall–Kier alpha value is -2.20. The summed E-state index contributed by atoms with van der Waals surface area (Å²) in [5.41, 5.74) is 1.16. The number of aryl methyl sites for hydroxylation is 2. The fraction of sp³-hybridized carbons (Fsp3) is 0.200. The third kappa shape index (κ3) is 2.74. The topological polar surface area (TPSA) is 138 Å². The van der Waals surface area contributed by atoms with Gasteiger partial charge in [0.25, 0.3) is 11.1 Å². The van der Waals surface area contributed by atoms with Gasteiger partial charge in [0.15, 0.2) is 0 Å². The van der Waals surface area contributed by atoms with Crippen molar-refractivity contribution in [1.29, 1.82) is 0 Å². The van der Waals surface area contributed by atoms with Crippen molar-refractivity contribution < 1.29 is 10.2 Å². The monoisotopic (exact) mass is 472 g/mol. The van der Waals surface area contributed by atoms with Gasteiger partial charge in [-0.15, -0.1) is 0 Å². The molecule has 25 heavy (non-hydrogen) atoms. The van der Waals surface area contributed by atoms with Gasteiger partial charge >= 0.3 is 0 Å². The Morgan fingerprint density at radius 2 is 1.36 bits per heavy atom. The van der Waals surface area contributed by atoms with Crippen LogP contribution in [-0.2, 0) is 0 Å². The Bertz CT molecular complexity index is 1020. The lowest BCUT2D eigenvalue weighted by molar-refractivity contribution is 0.437. The van der Waals surface area contributed by atoms with Gasteiger partial charge in [-0.3, -0.25) is 19.8 Å². The van der Waals surface area contributed by atoms with Gasteiger partial charge in [0, 0.05) is 17.0 Å². The zero-order valence-electron chi connectivity index (χ0n) is 13.1. The van der Waals surface area contributed by atoms with Crippen molar-refractivity contribution in [3.8, 4) is 11.5 Å². The molecule has 0 amide bonds. The Labute approximate surface area is 157 Å². The minimum Gasteiger partial charge on any atom is -0.506 e. The van der Waals surface area contributed by atoms with Crippen molar-refractivity contribution >= 4 is 31.9 Å². The van der Waals surface area contributed by atoms with Gasteiger partial charge < -0.3 is 20.4 Å². The van der Waals surface area contributed by atoms with Gasteiger partial charge in [0.2, 0.25) is 0 Å². The van der Waals surface area contributed by atoms with E-state index >= 15 is 0 Å². The van der Waals surface area contributed by atoms with Crippen LogP contribution in [0.25, 0.3) is 0 Å². The predicted octanol–water partition coefficient (Wildman–Crippen LogP) is 2.45. The molecule has 2 aromatic heterocycles. The van der Waals surface area contributed by atoms with Crippen molar-refractivity contribution in [2.45, 2.75) is 19.8 Å². The van der Waals surface area contributed by atoms with E-state index in [0.717, 1.165) is 0 Å². The lowest BCUT2D eigenvalue weighted by Gasteiger charge is -2.19. The summed E-state index contributed by atoms with van der Waals surface area (Å²) in [5, 5.41) is 31.0. The van der Waals surface area contributed by atoms with Crippen LogP contribution < -0.4 is 11.1 Å². The van der Waals surface area contributed by atoms with Gasteiger partial charge in [-0.1, -0.05) is 0 Å². The van der Waals surface area contributed by atoms with Crippen LogP contribution in [-0.4, -0.2) is 30.6 Å². The van der Waals surface area contributed by atoms with Crippen LogP contribution in [0.15, 0.2) is 24.6 Å². The van der Waals surface area contributed by atoms with E-state index in [0.29, 0.717) is 27.0 Å². The van der Waals surface area contributed by atoms with Crippen LogP contribution in [0.5, 0.6) is 11.5 Å². The third-order valence-electron chi connectivity index (χ3n) is 4.11. The molecule has 0 aliphatic carbocycles. The van der Waals surface area contributed by atoms with E-state index in [1.165, 1.54) is 6.07 Å². The first-order valence-electron chi connectivity index (χ1n) is 7.18. The molecule has 0 saturated carbocycles. The number of aromatic nitrogens is 4. The molecule has 0 spiro atoms. The Balaban J connectivity index is 2.43. The molecule has 2 heterocycles. The predicted molar refractivity (Wildman–Crippen MR) is 98.4 cm³/mol. The average molecular weight is 474 g/mol. The smallest absolute Gasteiger partial charge is 0.268 e. The second-order valence-corrected chi connectivity index (χ2v) is 7.27. The molecule has 0 radical (unpaired) electrons. The average Bonchev–Trinajstić information content (AvgIpc) is 3.07. The standard InChI is InChI=1S/C15H14Br2N4O4/c1-4-8(14(24)20-18-4)10(9-5(2)19-21-15(9)25)6-3-7(16)13(23)11(17)12(6)22/h3,10,22-23H,1-2H3,(H2,18,20,24)(H2,19,21,25). The Morgan fingerprint density at radius 1 is 0.880 bits per heavy atom. The number of phenolic OH excluding ortho intramolecular Hbond substituents is 2. The van der Waals surface area contributed by atoms with Crippen molar-refractivity contribution in [3.05, 3.63) is 63.8 Å². The first kappa shape index (κ1) is 17.6. The second kappa shape index (κ2) is 6.26. The van der Waals surface area contributed by atoms with E-state index in [-0.39, 0.29) is 21.5 Å². The number of H-pyrrole nitrogens is 4. The molecule has 0 aliphatic rings. The molecule has 1 aromatic carbocycles. The van der Waals surface area contributed by atoms with Crippen LogP contribution in [0.1, 0.15) is 34.0 Å². The van der Waals surface area contributed by atoms with Gasteiger partial charge in [-0.2, -0.15) is 0 Å². The summed E-state index contributed by atoms with van der Waals surface area (Å²) in [6, 6.07) is 1.48. The summed E-state index contributed by atoms with van der Waals surface area (Å²) in [7, 11) is 0. The first-order chi connectivity index (χ1) is 11.7. The lowest BCUT2D eigenvalue weighted by atomic mass is 9.85. The summed E-state index contributed by atoms with van der Waals surface area (Å²) < 4.78 is 0.377. The fourth-order valence-electron chi connectivity index (χ4n) is 2.90. The van der Waals surface area contributed by atoms with Crippen molar-refractivity contribution in [2.24, 2.45) is 0 Å². The maximum Gasteiger partial charge on any atom is 0.268 e. The van der Waals surface area contributed by atoms with Crippen LogP contribution in [0, 0.1) is 13.8 Å². The number of aromatic amines is 4. The second-order valence-electron chi connectivity index (χ2n) is 5.63. The lowest BCUT2D eigenvalue weighted by Crippen LogP contribution is -2.20. The van der Waals surface area contributed by atoms with Crippen LogP contribution >= 0.6 is 31.9 Å². The van der Waals surface area contributed by atoms with Crippen LogP contribution in [0.3, 0.4) is 0 Å². The molecule has 3 aromatic rings. The molecule has 10 heteroatoms. The molecular weight excluding hydrogens is 460 g/mol. The highest BCUT2D eigenvalue weighted by molar-refractivity contribution is 9.11. The summed E-state index contributed by atoms with van der Waals surface area (Å²) in [6.45, 7) is 3.38. The number of halogens is 2. The summed E-state index contributed by atoms with van der Waals surface area (Å²) >= 11 is 6.35. The fourth-order valence-corrected chi connectivity index (χ4v) is 4.05. The van der Waals surface area contributed by atoms with E-state index in [2.05, 4.69) is 52.3 Å². The molecule has 0 saturated heterocycles. The molecule has 0 aliphatic heterocycles. The molecule has 0 bridgehead atoms. The zero-order chi connectivity index (χ0) is 18.5. The van der Waals surface area contributed by atoms with Crippen molar-refractivity contribution in [2.75, 3.05) is 0 Å². The maximum atomic E-state index is 12.4. The Morgan fingerprint density at radius 3 is 1.76 bits per heavy atom. The molecule has 0 unspecified atom stereocenters. The van der Waals surface area contributed by atoms with E-state index in [1.54, 1.807) is 13.8 Å². The highest BCUT2D eigenvalue weighted by Crippen LogP contribution is 2.46. The van der Waals surface area contributed by atoms with Gasteiger partial charge in [0.1, 0.15) is 16.0 Å². The van der Waals surface area contributed by atoms with E-state index < -0.39 is 17.0 Å². The summed E-state index contributed by atoms with van der Waals surface area (Å²) in [5.74, 6) is -1.29. The molecule has 6 N–H and O–H groups in total. The molecule has 132 valence electrons. The summed E-state index contributed by atoms with van der Waals surface area (Å²) in [6.07, 6.45) is 0. The normalized spacial score (nSPS) is 11.4. The number of rotatable bonds is 3. The SMILES string of the molecule is Cc1[nH][nH]c(=O)c1C(c1cc(Br)c(O)c(Br)c1O)c1c(C)[nH][nH]c1=O. The number of hydrogen-bond donors (Lipinski definition) is 6. The molecule has 0 atom stereocenters. The molecule has 3 rings (SSSR count). The molecule has 0 fully saturated rings. The number of hydrogen-bond acceptors (Lipinski definition) is 4. The number of phenols is 2. The number of benzene rings is 1. The summed E-state index contributed by atoms with van der Waals surface area (Å²) in [4.78, 5) is 24.7. The molecule has 8 nitrogen and oxygen atoms in total. The Kier molecular flexibility index (Phi) is 4.41. The third-order valence-corrected chi connectivity index (χ3v) is 5.47.